The Balaban J connectivity index is 1.66. The summed E-state index contributed by atoms with van der Waals surface area (Å²) in [6.07, 6.45) is 0. The molecule has 96 valence electrons. The molecule has 3 rings (SSSR count). The van der Waals surface area contributed by atoms with Gasteiger partial charge < -0.3 is 5.32 Å². The van der Waals surface area contributed by atoms with Crippen molar-refractivity contribution >= 4 is 32.7 Å². The Kier molecular flexibility index (Phi) is 3.46. The van der Waals surface area contributed by atoms with Crippen molar-refractivity contribution < 1.29 is 0 Å². The van der Waals surface area contributed by atoms with Crippen molar-refractivity contribution in [2.45, 2.75) is 6.54 Å². The molecule has 1 aromatic heterocycles. The minimum atomic E-state index is 0.785. The smallest absolute Gasteiger partial charge is 0.113 e. The molecule has 1 heterocycles. The normalized spacial score (nSPS) is 10.8. The van der Waals surface area contributed by atoms with Crippen LogP contribution in [0.2, 0.25) is 0 Å². The Morgan fingerprint density at radius 2 is 2.00 bits per heavy atom. The van der Waals surface area contributed by atoms with Crippen molar-refractivity contribution in [3.05, 3.63) is 53.0 Å². The highest BCUT2D eigenvalue weighted by molar-refractivity contribution is 9.10. The number of hydrogen-bond acceptors (Lipinski definition) is 3. The molecule has 4 nitrogen and oxygen atoms in total. The van der Waals surface area contributed by atoms with Gasteiger partial charge in [-0.1, -0.05) is 39.3 Å². The minimum Gasteiger partial charge on any atom is -0.383 e. The van der Waals surface area contributed by atoms with Crippen molar-refractivity contribution in [3.63, 3.8) is 0 Å². The summed E-state index contributed by atoms with van der Waals surface area (Å²) in [7, 11) is 0. The van der Waals surface area contributed by atoms with Crippen LogP contribution in [0.15, 0.2) is 53.0 Å². The fourth-order valence-electron chi connectivity index (χ4n) is 1.99. The number of aromatic nitrogens is 3. The van der Waals surface area contributed by atoms with Gasteiger partial charge in [-0.2, -0.15) is 0 Å². The molecule has 2 aromatic carbocycles. The molecular formula is C14H13BrN4. The van der Waals surface area contributed by atoms with E-state index in [0.717, 1.165) is 34.3 Å². The first-order chi connectivity index (χ1) is 9.33. The topological polar surface area (TPSA) is 42.7 Å². The molecule has 3 aromatic rings. The van der Waals surface area contributed by atoms with Crippen LogP contribution in [0.3, 0.4) is 0 Å². The van der Waals surface area contributed by atoms with E-state index in [2.05, 4.69) is 37.6 Å². The summed E-state index contributed by atoms with van der Waals surface area (Å²) < 4.78 is 2.99. The van der Waals surface area contributed by atoms with Crippen LogP contribution in [0.4, 0.5) is 5.69 Å². The lowest BCUT2D eigenvalue weighted by Crippen LogP contribution is -2.11. The van der Waals surface area contributed by atoms with Gasteiger partial charge in [0.05, 0.1) is 12.1 Å². The van der Waals surface area contributed by atoms with E-state index in [1.54, 1.807) is 0 Å². The first-order valence-corrected chi connectivity index (χ1v) is 6.90. The summed E-state index contributed by atoms with van der Waals surface area (Å²) in [6.45, 7) is 1.59. The van der Waals surface area contributed by atoms with E-state index in [-0.39, 0.29) is 0 Å². The van der Waals surface area contributed by atoms with Crippen LogP contribution < -0.4 is 5.32 Å². The van der Waals surface area contributed by atoms with Crippen molar-refractivity contribution in [1.29, 1.82) is 0 Å². The van der Waals surface area contributed by atoms with Crippen LogP contribution in [0, 0.1) is 0 Å². The zero-order valence-corrected chi connectivity index (χ0v) is 11.8. The van der Waals surface area contributed by atoms with E-state index in [0.29, 0.717) is 0 Å². The number of nitrogens with one attached hydrogen (secondary N) is 1. The van der Waals surface area contributed by atoms with Gasteiger partial charge in [-0.25, -0.2) is 4.68 Å². The maximum absolute atomic E-state index is 4.16. The highest BCUT2D eigenvalue weighted by Crippen LogP contribution is 2.15. The van der Waals surface area contributed by atoms with E-state index >= 15 is 0 Å². The molecular weight excluding hydrogens is 304 g/mol. The van der Waals surface area contributed by atoms with Gasteiger partial charge in [-0.15, -0.1) is 5.10 Å². The van der Waals surface area contributed by atoms with E-state index in [1.165, 1.54) is 0 Å². The van der Waals surface area contributed by atoms with E-state index < -0.39 is 0 Å². The molecule has 5 heteroatoms. The number of nitrogens with zero attached hydrogens (tertiary/aromatic N) is 3. The molecule has 0 fully saturated rings. The standard InChI is InChI=1S/C14H13BrN4/c15-11-4-3-5-12(10-11)16-8-9-19-14-7-2-1-6-13(14)17-18-19/h1-7,10,16H,8-9H2. The SMILES string of the molecule is Brc1cccc(NCCn2nnc3ccccc32)c1. The molecule has 19 heavy (non-hydrogen) atoms. The lowest BCUT2D eigenvalue weighted by Gasteiger charge is -2.07. The van der Waals surface area contributed by atoms with Crippen molar-refractivity contribution in [2.75, 3.05) is 11.9 Å². The molecule has 0 aliphatic carbocycles. The van der Waals surface area contributed by atoms with Crippen LogP contribution in [0.1, 0.15) is 0 Å². The van der Waals surface area contributed by atoms with Crippen LogP contribution in [-0.2, 0) is 6.54 Å². The van der Waals surface area contributed by atoms with Crippen LogP contribution in [-0.4, -0.2) is 21.5 Å². The molecule has 0 spiro atoms. The third-order valence-corrected chi connectivity index (χ3v) is 3.39. The Morgan fingerprint density at radius 3 is 2.89 bits per heavy atom. The van der Waals surface area contributed by atoms with Gasteiger partial charge >= 0.3 is 0 Å². The van der Waals surface area contributed by atoms with Gasteiger partial charge in [0.25, 0.3) is 0 Å². The number of hydrogen-bond donors (Lipinski definition) is 1. The summed E-state index contributed by atoms with van der Waals surface area (Å²) in [5, 5.41) is 11.7. The molecule has 0 amide bonds. The van der Waals surface area contributed by atoms with E-state index in [1.807, 2.05) is 47.1 Å². The average Bonchev–Trinajstić information content (AvgIpc) is 2.83. The second-order valence-electron chi connectivity index (χ2n) is 4.24. The van der Waals surface area contributed by atoms with Crippen LogP contribution >= 0.6 is 15.9 Å². The summed E-state index contributed by atoms with van der Waals surface area (Å²) in [6, 6.07) is 16.1. The molecule has 0 aliphatic rings. The maximum atomic E-state index is 4.16. The number of halogens is 1. The molecule has 0 unspecified atom stereocenters. The predicted molar refractivity (Wildman–Crippen MR) is 80.2 cm³/mol. The number of fused-ring (bicyclic) bond motifs is 1. The molecule has 1 N–H and O–H groups in total. The largest absolute Gasteiger partial charge is 0.383 e. The Morgan fingerprint density at radius 1 is 1.11 bits per heavy atom. The fourth-order valence-corrected chi connectivity index (χ4v) is 2.39. The minimum absolute atomic E-state index is 0.785. The Bertz CT molecular complexity index is 692. The molecule has 0 saturated heterocycles. The summed E-state index contributed by atoms with van der Waals surface area (Å²) in [4.78, 5) is 0. The summed E-state index contributed by atoms with van der Waals surface area (Å²) >= 11 is 3.46. The molecule has 0 bridgehead atoms. The Hall–Kier alpha value is -1.88. The fraction of sp³-hybridized carbons (Fsp3) is 0.143. The first-order valence-electron chi connectivity index (χ1n) is 6.10. The summed E-state index contributed by atoms with van der Waals surface area (Å²) in [5.74, 6) is 0. The first kappa shape index (κ1) is 12.2. The number of benzene rings is 2. The molecule has 0 radical (unpaired) electrons. The highest BCUT2D eigenvalue weighted by atomic mass is 79.9. The predicted octanol–water partition coefficient (Wildman–Crippen LogP) is 3.31. The number of rotatable bonds is 4. The van der Waals surface area contributed by atoms with Gasteiger partial charge in [0.2, 0.25) is 0 Å². The molecule has 0 aliphatic heterocycles. The monoisotopic (exact) mass is 316 g/mol. The van der Waals surface area contributed by atoms with Gasteiger partial charge in [0.1, 0.15) is 5.52 Å². The second kappa shape index (κ2) is 5.40. The highest BCUT2D eigenvalue weighted by Gasteiger charge is 2.02. The Labute approximate surface area is 119 Å². The zero-order chi connectivity index (χ0) is 13.1. The van der Waals surface area contributed by atoms with Gasteiger partial charge in [-0.05, 0) is 30.3 Å². The van der Waals surface area contributed by atoms with Crippen LogP contribution in [0.25, 0.3) is 11.0 Å². The third kappa shape index (κ3) is 2.76. The zero-order valence-electron chi connectivity index (χ0n) is 10.3. The quantitative estimate of drug-likeness (QED) is 0.803. The van der Waals surface area contributed by atoms with E-state index in [4.69, 9.17) is 0 Å². The number of para-hydroxylation sites is 1. The van der Waals surface area contributed by atoms with Crippen molar-refractivity contribution in [1.82, 2.24) is 15.0 Å². The molecule has 0 saturated carbocycles. The van der Waals surface area contributed by atoms with Crippen molar-refractivity contribution in [3.8, 4) is 0 Å². The van der Waals surface area contributed by atoms with Gasteiger partial charge in [-0.3, -0.25) is 0 Å². The lowest BCUT2D eigenvalue weighted by atomic mass is 10.3. The second-order valence-corrected chi connectivity index (χ2v) is 5.15. The third-order valence-electron chi connectivity index (χ3n) is 2.90. The van der Waals surface area contributed by atoms with E-state index in [9.17, 15) is 0 Å². The van der Waals surface area contributed by atoms with Gasteiger partial charge in [0.15, 0.2) is 0 Å². The van der Waals surface area contributed by atoms with Crippen LogP contribution in [0.5, 0.6) is 0 Å². The molecule has 0 atom stereocenters. The van der Waals surface area contributed by atoms with Gasteiger partial charge in [0, 0.05) is 16.7 Å². The maximum Gasteiger partial charge on any atom is 0.113 e. The number of anilines is 1. The summed E-state index contributed by atoms with van der Waals surface area (Å²) in [5.41, 5.74) is 3.10. The lowest BCUT2D eigenvalue weighted by molar-refractivity contribution is 0.627. The van der Waals surface area contributed by atoms with Crippen molar-refractivity contribution in [2.24, 2.45) is 0 Å². The average molecular weight is 317 g/mol.